The van der Waals surface area contributed by atoms with Crippen molar-refractivity contribution >= 4 is 22.9 Å². The highest BCUT2D eigenvalue weighted by Crippen LogP contribution is 2.24. The van der Waals surface area contributed by atoms with E-state index in [1.165, 1.54) is 0 Å². The summed E-state index contributed by atoms with van der Waals surface area (Å²) >= 11 is 4.87. The molecule has 0 bridgehead atoms. The van der Waals surface area contributed by atoms with Crippen LogP contribution < -0.4 is 10.6 Å². The first-order valence-electron chi connectivity index (χ1n) is 5.82. The Hall–Kier alpha value is -1.20. The summed E-state index contributed by atoms with van der Waals surface area (Å²) in [7, 11) is 0. The van der Waals surface area contributed by atoms with E-state index >= 15 is 0 Å². The van der Waals surface area contributed by atoms with E-state index in [0.717, 1.165) is 31.6 Å². The quantitative estimate of drug-likeness (QED) is 0.779. The Morgan fingerprint density at radius 2 is 2.41 bits per heavy atom. The Morgan fingerprint density at radius 3 is 3.00 bits per heavy atom. The van der Waals surface area contributed by atoms with Crippen molar-refractivity contribution in [1.82, 2.24) is 4.98 Å². The van der Waals surface area contributed by atoms with Crippen LogP contribution in [0.5, 0.6) is 0 Å². The van der Waals surface area contributed by atoms with Gasteiger partial charge in [0.2, 0.25) is 0 Å². The summed E-state index contributed by atoms with van der Waals surface area (Å²) in [6.45, 7) is 2.30. The average molecular weight is 251 g/mol. The lowest BCUT2D eigenvalue weighted by Gasteiger charge is -2.18. The largest absolute Gasteiger partial charge is 0.396 e. The molecule has 3 N–H and O–H groups in total. The third kappa shape index (κ3) is 2.92. The van der Waals surface area contributed by atoms with Crippen molar-refractivity contribution in [3.05, 3.63) is 24.0 Å². The fraction of sp³-hybridized carbons (Fsp3) is 0.500. The van der Waals surface area contributed by atoms with Crippen LogP contribution in [0.3, 0.4) is 0 Å². The molecule has 1 atom stereocenters. The molecule has 0 saturated carbocycles. The summed E-state index contributed by atoms with van der Waals surface area (Å²) in [6, 6.07) is 3.86. The molecule has 4 nitrogen and oxygen atoms in total. The van der Waals surface area contributed by atoms with Crippen LogP contribution in [0.15, 0.2) is 18.3 Å². The number of nitrogens with two attached hydrogens (primary N) is 1. The first-order chi connectivity index (χ1) is 8.20. The predicted octanol–water partition coefficient (Wildman–Crippen LogP) is 0.924. The van der Waals surface area contributed by atoms with E-state index < -0.39 is 0 Å². The van der Waals surface area contributed by atoms with Gasteiger partial charge in [-0.2, -0.15) is 0 Å². The normalized spacial score (nSPS) is 19.6. The van der Waals surface area contributed by atoms with Gasteiger partial charge in [0.1, 0.15) is 4.99 Å². The number of pyridine rings is 1. The monoisotopic (exact) mass is 251 g/mol. The molecule has 5 heteroatoms. The molecular weight excluding hydrogens is 234 g/mol. The van der Waals surface area contributed by atoms with Gasteiger partial charge >= 0.3 is 0 Å². The molecule has 1 fully saturated rings. The van der Waals surface area contributed by atoms with Gasteiger partial charge < -0.3 is 15.7 Å². The lowest BCUT2D eigenvalue weighted by molar-refractivity contribution is 0.263. The van der Waals surface area contributed by atoms with Crippen LogP contribution in [-0.2, 0) is 0 Å². The van der Waals surface area contributed by atoms with Crippen molar-refractivity contribution in [2.24, 2.45) is 11.7 Å². The maximum Gasteiger partial charge on any atom is 0.122 e. The zero-order valence-corrected chi connectivity index (χ0v) is 10.5. The lowest BCUT2D eigenvalue weighted by Crippen LogP contribution is -2.20. The highest BCUT2D eigenvalue weighted by atomic mass is 32.1. The van der Waals surface area contributed by atoms with Crippen molar-refractivity contribution in [1.29, 1.82) is 0 Å². The highest BCUT2D eigenvalue weighted by molar-refractivity contribution is 7.80. The Morgan fingerprint density at radius 1 is 1.59 bits per heavy atom. The minimum Gasteiger partial charge on any atom is -0.396 e. The number of anilines is 1. The van der Waals surface area contributed by atoms with E-state index in [4.69, 9.17) is 23.1 Å². The molecule has 0 spiro atoms. The third-order valence-electron chi connectivity index (χ3n) is 3.19. The van der Waals surface area contributed by atoms with Gasteiger partial charge in [0, 0.05) is 19.7 Å². The number of hydrogen-bond acceptors (Lipinski definition) is 4. The van der Waals surface area contributed by atoms with E-state index in [1.54, 1.807) is 0 Å². The van der Waals surface area contributed by atoms with Crippen LogP contribution in [0, 0.1) is 5.92 Å². The van der Waals surface area contributed by atoms with Crippen LogP contribution >= 0.6 is 12.2 Å². The van der Waals surface area contributed by atoms with Crippen molar-refractivity contribution < 1.29 is 5.11 Å². The number of hydrogen-bond donors (Lipinski definition) is 2. The molecule has 0 aromatic carbocycles. The molecule has 1 saturated heterocycles. The lowest BCUT2D eigenvalue weighted by atomic mass is 10.1. The van der Waals surface area contributed by atoms with E-state index in [2.05, 4.69) is 9.88 Å². The molecule has 17 heavy (non-hydrogen) atoms. The van der Waals surface area contributed by atoms with Crippen molar-refractivity contribution in [2.45, 2.75) is 12.8 Å². The molecule has 0 amide bonds. The second-order valence-electron chi connectivity index (χ2n) is 4.38. The standard InChI is InChI=1S/C12H17N3OS/c13-12(17)11-2-1-10(7-14-11)15-5-3-9(8-15)4-6-16/h1-2,7,9,16H,3-6,8H2,(H2,13,17). The summed E-state index contributed by atoms with van der Waals surface area (Å²) in [5.74, 6) is 0.593. The van der Waals surface area contributed by atoms with Gasteiger partial charge in [0.05, 0.1) is 17.6 Å². The molecule has 1 aromatic heterocycles. The molecule has 2 heterocycles. The van der Waals surface area contributed by atoms with Crippen LogP contribution in [-0.4, -0.2) is 34.8 Å². The summed E-state index contributed by atoms with van der Waals surface area (Å²) < 4.78 is 0. The SMILES string of the molecule is NC(=S)c1ccc(N2CCC(CCO)C2)cn1. The van der Waals surface area contributed by atoms with E-state index in [9.17, 15) is 0 Å². The molecular formula is C12H17N3OS. The van der Waals surface area contributed by atoms with Gasteiger partial charge in [0.15, 0.2) is 0 Å². The molecule has 2 rings (SSSR count). The molecule has 1 aromatic rings. The fourth-order valence-electron chi connectivity index (χ4n) is 2.20. The first kappa shape index (κ1) is 12.3. The molecule has 0 radical (unpaired) electrons. The van der Waals surface area contributed by atoms with Gasteiger partial charge in [-0.3, -0.25) is 4.98 Å². The number of aromatic nitrogens is 1. The number of nitrogens with zero attached hydrogens (tertiary/aromatic N) is 2. The number of aliphatic hydroxyl groups excluding tert-OH is 1. The highest BCUT2D eigenvalue weighted by Gasteiger charge is 2.22. The van der Waals surface area contributed by atoms with E-state index in [1.807, 2.05) is 18.3 Å². The second-order valence-corrected chi connectivity index (χ2v) is 4.82. The van der Waals surface area contributed by atoms with E-state index in [-0.39, 0.29) is 6.61 Å². The van der Waals surface area contributed by atoms with Crippen LogP contribution in [0.4, 0.5) is 5.69 Å². The van der Waals surface area contributed by atoms with Crippen LogP contribution in [0.25, 0.3) is 0 Å². The zero-order chi connectivity index (χ0) is 12.3. The average Bonchev–Trinajstić information content (AvgIpc) is 2.78. The Bertz CT molecular complexity index is 393. The summed E-state index contributed by atoms with van der Waals surface area (Å²) in [5.41, 5.74) is 7.27. The Balaban J connectivity index is 2.01. The maximum atomic E-state index is 8.92. The fourth-order valence-corrected chi connectivity index (χ4v) is 2.32. The van der Waals surface area contributed by atoms with Crippen molar-refractivity contribution in [2.75, 3.05) is 24.6 Å². The summed E-state index contributed by atoms with van der Waals surface area (Å²) in [6.07, 6.45) is 3.84. The summed E-state index contributed by atoms with van der Waals surface area (Å²) in [4.78, 5) is 6.85. The smallest absolute Gasteiger partial charge is 0.122 e. The van der Waals surface area contributed by atoms with Gasteiger partial charge in [-0.15, -0.1) is 0 Å². The second kappa shape index (κ2) is 5.42. The van der Waals surface area contributed by atoms with Crippen molar-refractivity contribution in [3.8, 4) is 0 Å². The zero-order valence-electron chi connectivity index (χ0n) is 9.67. The van der Waals surface area contributed by atoms with Crippen molar-refractivity contribution in [3.63, 3.8) is 0 Å². The number of thiocarbonyl (C=S) groups is 1. The van der Waals surface area contributed by atoms with Gasteiger partial charge in [-0.25, -0.2) is 0 Å². The number of rotatable bonds is 4. The Kier molecular flexibility index (Phi) is 3.91. The van der Waals surface area contributed by atoms with Gasteiger partial charge in [-0.05, 0) is 30.9 Å². The van der Waals surface area contributed by atoms with Crippen LogP contribution in [0.2, 0.25) is 0 Å². The van der Waals surface area contributed by atoms with E-state index in [0.29, 0.717) is 16.6 Å². The number of aliphatic hydroxyl groups is 1. The molecule has 1 unspecified atom stereocenters. The topological polar surface area (TPSA) is 62.4 Å². The summed E-state index contributed by atoms with van der Waals surface area (Å²) in [5, 5.41) is 8.92. The predicted molar refractivity (Wildman–Crippen MR) is 72.1 cm³/mol. The molecule has 92 valence electrons. The molecule has 1 aliphatic rings. The molecule has 0 aliphatic carbocycles. The first-order valence-corrected chi connectivity index (χ1v) is 6.23. The minimum atomic E-state index is 0.275. The minimum absolute atomic E-state index is 0.275. The van der Waals surface area contributed by atoms with Crippen LogP contribution in [0.1, 0.15) is 18.5 Å². The van der Waals surface area contributed by atoms with Gasteiger partial charge in [0.25, 0.3) is 0 Å². The maximum absolute atomic E-state index is 8.92. The molecule has 1 aliphatic heterocycles. The third-order valence-corrected chi connectivity index (χ3v) is 3.40. The van der Waals surface area contributed by atoms with Gasteiger partial charge in [-0.1, -0.05) is 12.2 Å². The Labute approximate surface area is 106 Å².